The van der Waals surface area contributed by atoms with Crippen LogP contribution in [0.4, 0.5) is 0 Å². The Balaban J connectivity index is 0.000000241. The van der Waals surface area contributed by atoms with E-state index in [1.807, 2.05) is 98.8 Å². The molecule has 2 aliphatic carbocycles. The molecule has 0 aromatic heterocycles. The number of hydrogen-bond acceptors (Lipinski definition) is 10. The van der Waals surface area contributed by atoms with Crippen LogP contribution in [-0.4, -0.2) is 64.1 Å². The summed E-state index contributed by atoms with van der Waals surface area (Å²) < 4.78 is 61.7. The summed E-state index contributed by atoms with van der Waals surface area (Å²) in [5, 5.41) is 0. The van der Waals surface area contributed by atoms with Gasteiger partial charge in [0.25, 0.3) is 10.1 Å². The summed E-state index contributed by atoms with van der Waals surface area (Å²) in [6, 6.07) is 26.8. The normalized spacial score (nSPS) is 17.6. The van der Waals surface area contributed by atoms with Gasteiger partial charge >= 0.3 is 0 Å². The van der Waals surface area contributed by atoms with Gasteiger partial charge < -0.3 is 28.4 Å². The van der Waals surface area contributed by atoms with E-state index in [4.69, 9.17) is 33.0 Å². The predicted octanol–water partition coefficient (Wildman–Crippen LogP) is 8.23. The van der Waals surface area contributed by atoms with Crippen molar-refractivity contribution >= 4 is 28.5 Å². The molecule has 5 rings (SSSR count). The minimum absolute atomic E-state index is 0.0152. The summed E-state index contributed by atoms with van der Waals surface area (Å²) in [6.07, 6.45) is 6.20. The lowest BCUT2D eigenvalue weighted by Gasteiger charge is -2.35. The summed E-state index contributed by atoms with van der Waals surface area (Å²) in [5.74, 6) is 2.46. The molecule has 12 heteroatoms. The zero-order chi connectivity index (χ0) is 38.3. The highest BCUT2D eigenvalue weighted by molar-refractivity contribution is 7.85. The SMILES string of the molecule is C=COCCOc1ccc(S)cc1.C=COCCOc1ccccc1.C=COCCOc1ccccc1.CC1(C)C2CCC1(CS(=O)(=O)O)C(=O)C2. The summed E-state index contributed by atoms with van der Waals surface area (Å²) in [7, 11) is -4.08. The molecule has 0 heterocycles. The lowest BCUT2D eigenvalue weighted by atomic mass is 9.70. The maximum Gasteiger partial charge on any atom is 0.265 e. The van der Waals surface area contributed by atoms with Gasteiger partial charge in [-0.15, -0.1) is 12.6 Å². The molecule has 0 aliphatic heterocycles. The lowest BCUT2D eigenvalue weighted by molar-refractivity contribution is -0.128. The largest absolute Gasteiger partial charge is 0.498 e. The molecule has 3 aromatic carbocycles. The van der Waals surface area contributed by atoms with E-state index >= 15 is 0 Å². The number of carbonyl (C=O) groups is 1. The molecule has 2 saturated carbocycles. The van der Waals surface area contributed by atoms with Gasteiger partial charge in [-0.3, -0.25) is 9.35 Å². The average molecular weight is 757 g/mol. The van der Waals surface area contributed by atoms with Gasteiger partial charge in [-0.2, -0.15) is 8.42 Å². The minimum atomic E-state index is -4.08. The number of para-hydroxylation sites is 2. The van der Waals surface area contributed by atoms with Crippen molar-refractivity contribution in [1.29, 1.82) is 0 Å². The molecule has 284 valence electrons. The van der Waals surface area contributed by atoms with Gasteiger partial charge in [-0.05, 0) is 72.7 Å². The first-order valence-electron chi connectivity index (χ1n) is 16.8. The number of rotatable bonds is 17. The number of fused-ring (bicyclic) bond motifs is 2. The molecule has 1 N–H and O–H groups in total. The molecule has 0 radical (unpaired) electrons. The fourth-order valence-electron chi connectivity index (χ4n) is 5.87. The molecule has 2 aliphatic rings. The van der Waals surface area contributed by atoms with Crippen molar-refractivity contribution in [2.75, 3.05) is 45.4 Å². The molecule has 2 atom stereocenters. The van der Waals surface area contributed by atoms with Crippen LogP contribution in [0, 0.1) is 16.7 Å². The number of Topliss-reactive ketones (excluding diaryl/α,β-unsaturated/α-hetero) is 1. The summed E-state index contributed by atoms with van der Waals surface area (Å²) in [5.41, 5.74) is -1.12. The number of ketones is 1. The lowest BCUT2D eigenvalue weighted by Crippen LogP contribution is -2.42. The highest BCUT2D eigenvalue weighted by Crippen LogP contribution is 2.64. The van der Waals surface area contributed by atoms with Crippen molar-refractivity contribution in [2.45, 2.75) is 38.0 Å². The Labute approximate surface area is 314 Å². The van der Waals surface area contributed by atoms with Crippen molar-refractivity contribution in [3.05, 3.63) is 123 Å². The first-order valence-corrected chi connectivity index (χ1v) is 18.9. The highest BCUT2D eigenvalue weighted by atomic mass is 32.2. The molecule has 0 spiro atoms. The van der Waals surface area contributed by atoms with Crippen LogP contribution in [-0.2, 0) is 29.1 Å². The topological polar surface area (TPSA) is 127 Å². The minimum Gasteiger partial charge on any atom is -0.498 e. The third kappa shape index (κ3) is 15.5. The molecule has 2 bridgehead atoms. The smallest absolute Gasteiger partial charge is 0.265 e. The Hall–Kier alpha value is -4.39. The molecular formula is C40H52O10S2. The van der Waals surface area contributed by atoms with Crippen LogP contribution in [0.3, 0.4) is 0 Å². The molecule has 52 heavy (non-hydrogen) atoms. The quantitative estimate of drug-likeness (QED) is 0.0602. The third-order valence-corrected chi connectivity index (χ3v) is 9.81. The number of ether oxygens (including phenoxy) is 6. The average Bonchev–Trinajstić information content (AvgIpc) is 3.47. The van der Waals surface area contributed by atoms with E-state index in [1.54, 1.807) is 0 Å². The van der Waals surface area contributed by atoms with Crippen LogP contribution in [0.1, 0.15) is 33.1 Å². The second-order valence-corrected chi connectivity index (χ2v) is 14.1. The number of thiol groups is 1. The Morgan fingerprint density at radius 1 is 0.712 bits per heavy atom. The zero-order valence-electron chi connectivity index (χ0n) is 30.1. The summed E-state index contributed by atoms with van der Waals surface area (Å²) in [4.78, 5) is 12.8. The van der Waals surface area contributed by atoms with E-state index in [9.17, 15) is 13.2 Å². The maximum atomic E-state index is 11.9. The molecule has 0 saturated heterocycles. The van der Waals surface area contributed by atoms with E-state index < -0.39 is 21.3 Å². The van der Waals surface area contributed by atoms with Gasteiger partial charge in [0, 0.05) is 11.3 Å². The second-order valence-electron chi connectivity index (χ2n) is 12.2. The molecule has 0 amide bonds. The Morgan fingerprint density at radius 3 is 1.44 bits per heavy atom. The Bertz CT molecular complexity index is 1530. The number of hydrogen-bond donors (Lipinski definition) is 2. The van der Waals surface area contributed by atoms with Gasteiger partial charge in [0.2, 0.25) is 0 Å². The summed E-state index contributed by atoms with van der Waals surface area (Å²) >= 11 is 4.16. The molecular weight excluding hydrogens is 705 g/mol. The van der Waals surface area contributed by atoms with Crippen molar-refractivity contribution in [2.24, 2.45) is 16.7 Å². The summed E-state index contributed by atoms with van der Waals surface area (Å²) in [6.45, 7) is 17.4. The fourth-order valence-corrected chi connectivity index (χ4v) is 7.32. The van der Waals surface area contributed by atoms with Crippen LogP contribution in [0.25, 0.3) is 0 Å². The van der Waals surface area contributed by atoms with Crippen molar-refractivity contribution < 1.29 is 46.2 Å². The van der Waals surface area contributed by atoms with E-state index in [1.165, 1.54) is 18.8 Å². The van der Waals surface area contributed by atoms with Gasteiger partial charge in [-0.1, -0.05) is 70.0 Å². The first kappa shape index (κ1) is 43.8. The van der Waals surface area contributed by atoms with Crippen LogP contribution in [0.5, 0.6) is 17.2 Å². The van der Waals surface area contributed by atoms with Crippen LogP contribution in [0.2, 0.25) is 0 Å². The van der Waals surface area contributed by atoms with Gasteiger partial charge in [-0.25, -0.2) is 0 Å². The van der Waals surface area contributed by atoms with Crippen LogP contribution >= 0.6 is 12.6 Å². The fraction of sp³-hybridized carbons (Fsp3) is 0.375. The molecule has 2 unspecified atom stereocenters. The van der Waals surface area contributed by atoms with Gasteiger partial charge in [0.15, 0.2) is 0 Å². The van der Waals surface area contributed by atoms with Crippen molar-refractivity contribution in [3.63, 3.8) is 0 Å². The van der Waals surface area contributed by atoms with E-state index in [0.717, 1.165) is 28.6 Å². The second kappa shape index (κ2) is 23.2. The Kier molecular flexibility index (Phi) is 19.6. The molecule has 10 nitrogen and oxygen atoms in total. The van der Waals surface area contributed by atoms with Gasteiger partial charge in [0.05, 0.1) is 30.0 Å². The highest BCUT2D eigenvalue weighted by Gasteiger charge is 2.65. The Morgan fingerprint density at radius 2 is 1.12 bits per heavy atom. The number of carbonyl (C=O) groups excluding carboxylic acids is 1. The van der Waals surface area contributed by atoms with Crippen molar-refractivity contribution in [3.8, 4) is 17.2 Å². The van der Waals surface area contributed by atoms with E-state index in [2.05, 4.69) is 32.4 Å². The van der Waals surface area contributed by atoms with Crippen LogP contribution in [0.15, 0.2) is 128 Å². The van der Waals surface area contributed by atoms with Crippen LogP contribution < -0.4 is 14.2 Å². The van der Waals surface area contributed by atoms with E-state index in [-0.39, 0.29) is 17.1 Å². The molecule has 3 aromatic rings. The monoisotopic (exact) mass is 756 g/mol. The standard InChI is InChI=1S/C10H16O4S.C10H12O2S.2C10H12O2/c1-9(2)7-3-4-10(9,8(11)5-7)6-15(12,13)14;1-2-11-7-8-12-9-3-5-10(13)6-4-9;2*1-2-11-8-9-12-10-6-4-3-5-7-10/h7H,3-6H2,1-2H3,(H,12,13,14);2-6,13H,1,7-8H2;2*2-7H,1,8-9H2. The molecule has 2 fully saturated rings. The predicted molar refractivity (Wildman–Crippen MR) is 206 cm³/mol. The van der Waals surface area contributed by atoms with Crippen molar-refractivity contribution in [1.82, 2.24) is 0 Å². The maximum absolute atomic E-state index is 11.9. The van der Waals surface area contributed by atoms with E-state index in [0.29, 0.717) is 52.5 Å². The zero-order valence-corrected chi connectivity index (χ0v) is 31.8. The van der Waals surface area contributed by atoms with Gasteiger partial charge in [0.1, 0.15) is 62.7 Å². The first-order chi connectivity index (χ1) is 24.9. The number of benzene rings is 3. The third-order valence-electron chi connectivity index (χ3n) is 8.65.